The van der Waals surface area contributed by atoms with Gasteiger partial charge in [-0.3, -0.25) is 4.79 Å². The van der Waals surface area contributed by atoms with Gasteiger partial charge in [0.05, 0.1) is 0 Å². The first-order chi connectivity index (χ1) is 10.6. The van der Waals surface area contributed by atoms with Gasteiger partial charge in [0.2, 0.25) is 0 Å². The fourth-order valence-electron chi connectivity index (χ4n) is 2.00. The predicted octanol–water partition coefficient (Wildman–Crippen LogP) is 2.85. The van der Waals surface area contributed by atoms with Gasteiger partial charge < -0.3 is 10.6 Å². The molecule has 22 heavy (non-hydrogen) atoms. The van der Waals surface area contributed by atoms with Crippen molar-refractivity contribution in [3.05, 3.63) is 53.0 Å². The fourth-order valence-corrected chi connectivity index (χ4v) is 2.00. The van der Waals surface area contributed by atoms with Crippen molar-refractivity contribution in [3.63, 3.8) is 0 Å². The molecule has 0 radical (unpaired) electrons. The number of rotatable bonds is 6. The van der Waals surface area contributed by atoms with Crippen LogP contribution < -0.4 is 10.6 Å². The summed E-state index contributed by atoms with van der Waals surface area (Å²) in [4.78, 5) is 20.5. The zero-order valence-corrected chi connectivity index (χ0v) is 13.3. The summed E-state index contributed by atoms with van der Waals surface area (Å²) >= 11 is 0. The number of hydrogen-bond donors (Lipinski definition) is 2. The quantitative estimate of drug-likeness (QED) is 0.860. The van der Waals surface area contributed by atoms with Crippen LogP contribution >= 0.6 is 0 Å². The van der Waals surface area contributed by atoms with Crippen molar-refractivity contribution in [2.45, 2.75) is 33.7 Å². The summed E-state index contributed by atoms with van der Waals surface area (Å²) in [6.07, 6.45) is 0.897. The summed E-state index contributed by atoms with van der Waals surface area (Å²) in [6.45, 7) is 7.17. The third-order valence-corrected chi connectivity index (χ3v) is 3.20. The molecule has 5 nitrogen and oxygen atoms in total. The largest absolute Gasteiger partial charge is 0.366 e. The smallest absolute Gasteiger partial charge is 0.270 e. The van der Waals surface area contributed by atoms with Crippen molar-refractivity contribution < 1.29 is 4.79 Å². The Morgan fingerprint density at radius 1 is 1.14 bits per heavy atom. The molecule has 0 unspecified atom stereocenters. The number of hydrogen-bond acceptors (Lipinski definition) is 4. The second-order valence-corrected chi connectivity index (χ2v) is 5.28. The average molecular weight is 298 g/mol. The number of carbonyl (C=O) groups excluding carboxylic acids is 1. The van der Waals surface area contributed by atoms with Gasteiger partial charge >= 0.3 is 0 Å². The van der Waals surface area contributed by atoms with Crippen LogP contribution in [0, 0.1) is 13.8 Å². The van der Waals surface area contributed by atoms with Crippen LogP contribution in [0.3, 0.4) is 0 Å². The Kier molecular flexibility index (Phi) is 5.47. The standard InChI is InChI=1S/C17H22N4O/c1-4-9-18-17(22)15-10-16(21-13(3)20-15)19-11-14-7-5-12(2)6-8-14/h5-8,10H,4,9,11H2,1-3H3,(H,18,22)(H,19,20,21). The molecule has 1 amide bonds. The fraction of sp³-hybridized carbons (Fsp3) is 0.353. The van der Waals surface area contributed by atoms with Crippen LogP contribution in [-0.4, -0.2) is 22.4 Å². The van der Waals surface area contributed by atoms with E-state index in [0.717, 1.165) is 6.42 Å². The third kappa shape index (κ3) is 4.55. The van der Waals surface area contributed by atoms with E-state index >= 15 is 0 Å². The van der Waals surface area contributed by atoms with Crippen LogP contribution in [0.5, 0.6) is 0 Å². The van der Waals surface area contributed by atoms with Gasteiger partial charge in [0.25, 0.3) is 5.91 Å². The molecule has 2 aromatic rings. The second-order valence-electron chi connectivity index (χ2n) is 5.28. The Morgan fingerprint density at radius 3 is 2.55 bits per heavy atom. The SMILES string of the molecule is CCCNC(=O)c1cc(NCc2ccc(C)cc2)nc(C)n1. The lowest BCUT2D eigenvalue weighted by Crippen LogP contribution is -2.25. The summed E-state index contributed by atoms with van der Waals surface area (Å²) in [5.41, 5.74) is 2.79. The van der Waals surface area contributed by atoms with Crippen molar-refractivity contribution in [3.8, 4) is 0 Å². The van der Waals surface area contributed by atoms with E-state index in [1.54, 1.807) is 13.0 Å². The number of benzene rings is 1. The van der Waals surface area contributed by atoms with Crippen molar-refractivity contribution in [1.29, 1.82) is 0 Å². The molecule has 0 bridgehead atoms. The Balaban J connectivity index is 2.06. The maximum atomic E-state index is 12.0. The average Bonchev–Trinajstić information content (AvgIpc) is 2.51. The monoisotopic (exact) mass is 298 g/mol. The molecular formula is C17H22N4O. The highest BCUT2D eigenvalue weighted by atomic mass is 16.1. The Labute approximate surface area is 131 Å². The van der Waals surface area contributed by atoms with Gasteiger partial charge in [0.15, 0.2) is 0 Å². The van der Waals surface area contributed by atoms with Gasteiger partial charge in [-0.2, -0.15) is 0 Å². The Hall–Kier alpha value is -2.43. The molecule has 0 fully saturated rings. The van der Waals surface area contributed by atoms with Crippen molar-refractivity contribution in [1.82, 2.24) is 15.3 Å². The van der Waals surface area contributed by atoms with E-state index in [-0.39, 0.29) is 5.91 Å². The number of anilines is 1. The van der Waals surface area contributed by atoms with Gasteiger partial charge in [-0.05, 0) is 25.8 Å². The second kappa shape index (κ2) is 7.54. The molecule has 0 aliphatic heterocycles. The van der Waals surface area contributed by atoms with E-state index < -0.39 is 0 Å². The molecule has 2 rings (SSSR count). The van der Waals surface area contributed by atoms with Gasteiger partial charge in [-0.25, -0.2) is 9.97 Å². The van der Waals surface area contributed by atoms with Crippen LogP contribution in [0.1, 0.15) is 40.8 Å². The lowest BCUT2D eigenvalue weighted by molar-refractivity contribution is 0.0948. The topological polar surface area (TPSA) is 66.9 Å². The van der Waals surface area contributed by atoms with E-state index in [0.29, 0.717) is 30.4 Å². The lowest BCUT2D eigenvalue weighted by atomic mass is 10.1. The number of amides is 1. The number of nitrogens with zero attached hydrogens (tertiary/aromatic N) is 2. The molecule has 2 N–H and O–H groups in total. The highest BCUT2D eigenvalue weighted by Gasteiger charge is 2.09. The van der Waals surface area contributed by atoms with Gasteiger partial charge in [0, 0.05) is 19.2 Å². The van der Waals surface area contributed by atoms with E-state index in [1.165, 1.54) is 11.1 Å². The summed E-state index contributed by atoms with van der Waals surface area (Å²) < 4.78 is 0. The molecule has 116 valence electrons. The summed E-state index contributed by atoms with van der Waals surface area (Å²) in [7, 11) is 0. The van der Waals surface area contributed by atoms with Gasteiger partial charge in [-0.15, -0.1) is 0 Å². The molecule has 0 atom stereocenters. The molecule has 1 aromatic heterocycles. The van der Waals surface area contributed by atoms with Crippen LogP contribution in [0.2, 0.25) is 0 Å². The molecule has 5 heteroatoms. The normalized spacial score (nSPS) is 10.3. The predicted molar refractivity (Wildman–Crippen MR) is 87.9 cm³/mol. The van der Waals surface area contributed by atoms with Crippen molar-refractivity contribution >= 4 is 11.7 Å². The van der Waals surface area contributed by atoms with Gasteiger partial charge in [-0.1, -0.05) is 36.8 Å². The van der Waals surface area contributed by atoms with E-state index in [9.17, 15) is 4.79 Å². The molecule has 1 heterocycles. The first kappa shape index (κ1) is 15.9. The summed E-state index contributed by atoms with van der Waals surface area (Å²) in [5.74, 6) is 1.08. The van der Waals surface area contributed by atoms with E-state index in [2.05, 4.69) is 51.8 Å². The minimum atomic E-state index is -0.161. The molecule has 0 aliphatic rings. The van der Waals surface area contributed by atoms with Gasteiger partial charge in [0.1, 0.15) is 17.3 Å². The zero-order valence-electron chi connectivity index (χ0n) is 13.3. The number of aromatic nitrogens is 2. The van der Waals surface area contributed by atoms with E-state index in [4.69, 9.17) is 0 Å². The molecule has 0 saturated heterocycles. The number of aryl methyl sites for hydroxylation is 2. The van der Waals surface area contributed by atoms with Crippen LogP contribution in [0.25, 0.3) is 0 Å². The molecule has 0 saturated carbocycles. The van der Waals surface area contributed by atoms with Crippen LogP contribution in [0.4, 0.5) is 5.82 Å². The van der Waals surface area contributed by atoms with Crippen molar-refractivity contribution in [2.24, 2.45) is 0 Å². The van der Waals surface area contributed by atoms with E-state index in [1.807, 2.05) is 6.92 Å². The first-order valence-electron chi connectivity index (χ1n) is 7.52. The zero-order chi connectivity index (χ0) is 15.9. The Bertz CT molecular complexity index is 638. The minimum absolute atomic E-state index is 0.161. The highest BCUT2D eigenvalue weighted by molar-refractivity contribution is 5.92. The highest BCUT2D eigenvalue weighted by Crippen LogP contribution is 2.10. The number of nitrogens with one attached hydrogen (secondary N) is 2. The molecule has 0 spiro atoms. The number of carbonyl (C=O) groups is 1. The maximum absolute atomic E-state index is 12.0. The lowest BCUT2D eigenvalue weighted by Gasteiger charge is -2.09. The molecular weight excluding hydrogens is 276 g/mol. The molecule has 0 aliphatic carbocycles. The van der Waals surface area contributed by atoms with Crippen LogP contribution in [-0.2, 0) is 6.54 Å². The maximum Gasteiger partial charge on any atom is 0.270 e. The minimum Gasteiger partial charge on any atom is -0.366 e. The molecule has 1 aromatic carbocycles. The van der Waals surface area contributed by atoms with Crippen molar-refractivity contribution in [2.75, 3.05) is 11.9 Å². The first-order valence-corrected chi connectivity index (χ1v) is 7.52. The third-order valence-electron chi connectivity index (χ3n) is 3.20. The Morgan fingerprint density at radius 2 is 1.86 bits per heavy atom. The van der Waals surface area contributed by atoms with Crippen LogP contribution in [0.15, 0.2) is 30.3 Å². The summed E-state index contributed by atoms with van der Waals surface area (Å²) in [6, 6.07) is 9.99. The summed E-state index contributed by atoms with van der Waals surface area (Å²) in [5, 5.41) is 6.07.